The third kappa shape index (κ3) is 3.71. The molecule has 0 spiro atoms. The van der Waals surface area contributed by atoms with Crippen molar-refractivity contribution in [1.29, 1.82) is 5.26 Å². The summed E-state index contributed by atoms with van der Waals surface area (Å²) in [7, 11) is 0. The number of thioether (sulfide) groups is 1. The van der Waals surface area contributed by atoms with Gasteiger partial charge in [-0.25, -0.2) is 4.39 Å². The predicted molar refractivity (Wildman–Crippen MR) is 76.5 cm³/mol. The SMILES string of the molecule is CCCNC(C#N)(CSc1ccc(F)cc1)C1CC1. The van der Waals surface area contributed by atoms with Crippen LogP contribution in [0.25, 0.3) is 0 Å². The van der Waals surface area contributed by atoms with Gasteiger partial charge in [-0.3, -0.25) is 5.32 Å². The van der Waals surface area contributed by atoms with Crippen LogP contribution in [0.1, 0.15) is 26.2 Å². The molecule has 1 fully saturated rings. The zero-order valence-corrected chi connectivity index (χ0v) is 12.0. The quantitative estimate of drug-likeness (QED) is 0.774. The Kier molecular flexibility index (Phi) is 4.84. The minimum atomic E-state index is -0.422. The molecule has 1 unspecified atom stereocenters. The van der Waals surface area contributed by atoms with Crippen LogP contribution in [0, 0.1) is 23.1 Å². The number of nitrogens with one attached hydrogen (secondary N) is 1. The summed E-state index contributed by atoms with van der Waals surface area (Å²) in [5.41, 5.74) is -0.422. The van der Waals surface area contributed by atoms with Gasteiger partial charge in [-0.2, -0.15) is 5.26 Å². The lowest BCUT2D eigenvalue weighted by Crippen LogP contribution is -2.48. The number of hydrogen-bond donors (Lipinski definition) is 1. The third-order valence-corrected chi connectivity index (χ3v) is 4.65. The van der Waals surface area contributed by atoms with Gasteiger partial charge < -0.3 is 0 Å². The van der Waals surface area contributed by atoms with Crippen LogP contribution in [-0.2, 0) is 0 Å². The monoisotopic (exact) mass is 278 g/mol. The molecule has 1 aliphatic carbocycles. The zero-order valence-electron chi connectivity index (χ0n) is 11.2. The molecular weight excluding hydrogens is 259 g/mol. The van der Waals surface area contributed by atoms with Crippen molar-refractivity contribution < 1.29 is 4.39 Å². The molecule has 19 heavy (non-hydrogen) atoms. The summed E-state index contributed by atoms with van der Waals surface area (Å²) in [6.45, 7) is 2.98. The first-order valence-corrected chi connectivity index (χ1v) is 7.73. The molecule has 4 heteroatoms. The van der Waals surface area contributed by atoms with Gasteiger partial charge in [-0.15, -0.1) is 11.8 Å². The van der Waals surface area contributed by atoms with Gasteiger partial charge in [0.05, 0.1) is 6.07 Å². The van der Waals surface area contributed by atoms with Gasteiger partial charge in [0.15, 0.2) is 0 Å². The Balaban J connectivity index is 2.00. The summed E-state index contributed by atoms with van der Waals surface area (Å²) in [6, 6.07) is 8.96. The minimum Gasteiger partial charge on any atom is -0.298 e. The van der Waals surface area contributed by atoms with Crippen molar-refractivity contribution in [2.45, 2.75) is 36.6 Å². The van der Waals surface area contributed by atoms with Crippen molar-refractivity contribution >= 4 is 11.8 Å². The molecular formula is C15H19FN2S. The second-order valence-electron chi connectivity index (χ2n) is 5.03. The summed E-state index contributed by atoms with van der Waals surface area (Å²) in [4.78, 5) is 1.01. The maximum absolute atomic E-state index is 12.9. The first-order chi connectivity index (χ1) is 9.20. The molecule has 1 saturated carbocycles. The molecule has 0 bridgehead atoms. The molecule has 2 rings (SSSR count). The standard InChI is InChI=1S/C15H19FN2S/c1-2-9-18-15(10-17,12-3-4-12)11-19-14-7-5-13(16)6-8-14/h5-8,12,18H,2-4,9,11H2,1H3. The highest BCUT2D eigenvalue weighted by atomic mass is 32.2. The van der Waals surface area contributed by atoms with E-state index in [-0.39, 0.29) is 5.82 Å². The zero-order chi connectivity index (χ0) is 13.7. The molecule has 0 saturated heterocycles. The number of benzene rings is 1. The fraction of sp³-hybridized carbons (Fsp3) is 0.533. The second kappa shape index (κ2) is 6.40. The maximum Gasteiger partial charge on any atom is 0.123 e. The van der Waals surface area contributed by atoms with Gasteiger partial charge in [-0.05, 0) is 56.0 Å². The Hall–Kier alpha value is -1.05. The smallest absolute Gasteiger partial charge is 0.123 e. The number of rotatable bonds is 7. The summed E-state index contributed by atoms with van der Waals surface area (Å²) in [6.07, 6.45) is 3.29. The molecule has 1 aliphatic rings. The lowest BCUT2D eigenvalue weighted by atomic mass is 9.97. The highest BCUT2D eigenvalue weighted by Gasteiger charge is 2.45. The largest absolute Gasteiger partial charge is 0.298 e. The molecule has 0 radical (unpaired) electrons. The van der Waals surface area contributed by atoms with Crippen LogP contribution < -0.4 is 5.32 Å². The Morgan fingerprint density at radius 3 is 2.63 bits per heavy atom. The second-order valence-corrected chi connectivity index (χ2v) is 6.08. The van der Waals surface area contributed by atoms with Crippen LogP contribution >= 0.6 is 11.8 Å². The molecule has 1 aromatic carbocycles. The molecule has 1 N–H and O–H groups in total. The van der Waals surface area contributed by atoms with Gasteiger partial charge in [0.2, 0.25) is 0 Å². The Labute approximate surface area is 118 Å². The molecule has 0 aliphatic heterocycles. The van der Waals surface area contributed by atoms with Crippen LogP contribution in [0.2, 0.25) is 0 Å². The van der Waals surface area contributed by atoms with Crippen LogP contribution in [0.15, 0.2) is 29.2 Å². The normalized spacial score (nSPS) is 17.7. The third-order valence-electron chi connectivity index (χ3n) is 3.44. The van der Waals surface area contributed by atoms with Crippen LogP contribution in [0.3, 0.4) is 0 Å². The average molecular weight is 278 g/mol. The van der Waals surface area contributed by atoms with E-state index >= 15 is 0 Å². The summed E-state index contributed by atoms with van der Waals surface area (Å²) in [5.74, 6) is 0.971. The fourth-order valence-electron chi connectivity index (χ4n) is 2.13. The van der Waals surface area contributed by atoms with E-state index in [0.29, 0.717) is 5.92 Å². The van der Waals surface area contributed by atoms with Gasteiger partial charge in [0, 0.05) is 10.6 Å². The van der Waals surface area contributed by atoms with Gasteiger partial charge in [0.25, 0.3) is 0 Å². The van der Waals surface area contributed by atoms with Crippen molar-refractivity contribution in [2.75, 3.05) is 12.3 Å². The lowest BCUT2D eigenvalue weighted by Gasteiger charge is -2.27. The van der Waals surface area contributed by atoms with Crippen molar-refractivity contribution in [3.63, 3.8) is 0 Å². The van der Waals surface area contributed by atoms with E-state index in [2.05, 4.69) is 18.3 Å². The highest BCUT2D eigenvalue weighted by molar-refractivity contribution is 7.99. The predicted octanol–water partition coefficient (Wildman–Crippen LogP) is 3.59. The van der Waals surface area contributed by atoms with Crippen molar-refractivity contribution in [3.8, 4) is 6.07 Å². The number of halogens is 1. The number of nitriles is 1. The molecule has 102 valence electrons. The van der Waals surface area contributed by atoms with E-state index in [9.17, 15) is 9.65 Å². The van der Waals surface area contributed by atoms with Crippen LogP contribution in [0.4, 0.5) is 4.39 Å². The van der Waals surface area contributed by atoms with Gasteiger partial charge in [-0.1, -0.05) is 6.92 Å². The summed E-state index contributed by atoms with van der Waals surface area (Å²) in [5, 5.41) is 13.0. The first kappa shape index (κ1) is 14.4. The van der Waals surface area contributed by atoms with E-state index < -0.39 is 5.54 Å². The molecule has 0 aromatic heterocycles. The maximum atomic E-state index is 12.9. The van der Waals surface area contributed by atoms with Crippen molar-refractivity contribution in [1.82, 2.24) is 5.32 Å². The van der Waals surface area contributed by atoms with E-state index in [1.54, 1.807) is 23.9 Å². The van der Waals surface area contributed by atoms with Gasteiger partial charge in [0.1, 0.15) is 11.4 Å². The summed E-state index contributed by atoms with van der Waals surface area (Å²) < 4.78 is 12.9. The Morgan fingerprint density at radius 2 is 2.11 bits per heavy atom. The van der Waals surface area contributed by atoms with Crippen LogP contribution in [0.5, 0.6) is 0 Å². The first-order valence-electron chi connectivity index (χ1n) is 6.75. The van der Waals surface area contributed by atoms with Gasteiger partial charge >= 0.3 is 0 Å². The minimum absolute atomic E-state index is 0.220. The van der Waals surface area contributed by atoms with E-state index in [1.165, 1.54) is 12.1 Å². The summed E-state index contributed by atoms with van der Waals surface area (Å²) >= 11 is 1.63. The topological polar surface area (TPSA) is 35.8 Å². The van der Waals surface area contributed by atoms with E-state index in [4.69, 9.17) is 0 Å². The number of hydrogen-bond acceptors (Lipinski definition) is 3. The molecule has 0 amide bonds. The number of nitrogens with zero attached hydrogens (tertiary/aromatic N) is 1. The van der Waals surface area contributed by atoms with Crippen molar-refractivity contribution in [3.05, 3.63) is 30.1 Å². The molecule has 2 nitrogen and oxygen atoms in total. The van der Waals surface area contributed by atoms with Crippen molar-refractivity contribution in [2.24, 2.45) is 5.92 Å². The molecule has 0 heterocycles. The molecule has 1 atom stereocenters. The lowest BCUT2D eigenvalue weighted by molar-refractivity contribution is 0.405. The average Bonchev–Trinajstić information content (AvgIpc) is 3.26. The fourth-order valence-corrected chi connectivity index (χ4v) is 3.25. The molecule has 1 aromatic rings. The van der Waals surface area contributed by atoms with Crippen LogP contribution in [-0.4, -0.2) is 17.8 Å². The highest BCUT2D eigenvalue weighted by Crippen LogP contribution is 2.42. The Morgan fingerprint density at radius 1 is 1.42 bits per heavy atom. The van der Waals surface area contributed by atoms with E-state index in [1.807, 2.05) is 0 Å². The van der Waals surface area contributed by atoms with E-state index in [0.717, 1.165) is 36.5 Å². The Bertz CT molecular complexity index is 450.